The minimum absolute atomic E-state index is 0.781. The van der Waals surface area contributed by atoms with Crippen molar-refractivity contribution >= 4 is 50.5 Å². The molecule has 5 heteroatoms. The van der Waals surface area contributed by atoms with Crippen molar-refractivity contribution in [2.75, 3.05) is 0 Å². The molecule has 0 aliphatic heterocycles. The second-order valence-electron chi connectivity index (χ2n) is 4.19. The molecule has 3 rings (SSSR count). The van der Waals surface area contributed by atoms with Gasteiger partial charge in [-0.2, -0.15) is 0 Å². The Morgan fingerprint density at radius 3 is 2.89 bits per heavy atom. The van der Waals surface area contributed by atoms with E-state index in [2.05, 4.69) is 62.7 Å². The number of nitrogens with zero attached hydrogens (tertiary/aromatic N) is 1. The molecule has 1 aromatic carbocycles. The van der Waals surface area contributed by atoms with Gasteiger partial charge in [0.15, 0.2) is 4.77 Å². The average molecular weight is 339 g/mol. The minimum atomic E-state index is 0.781. The first-order valence-corrected chi connectivity index (χ1v) is 7.59. The van der Waals surface area contributed by atoms with E-state index in [4.69, 9.17) is 12.2 Å². The predicted molar refractivity (Wildman–Crippen MR) is 83.0 cm³/mol. The van der Waals surface area contributed by atoms with Gasteiger partial charge in [-0.1, -0.05) is 12.1 Å². The number of benzene rings is 1. The maximum atomic E-state index is 5.42. The molecule has 0 saturated heterocycles. The van der Waals surface area contributed by atoms with E-state index in [0.717, 1.165) is 20.6 Å². The van der Waals surface area contributed by atoms with Crippen molar-refractivity contribution in [2.24, 2.45) is 0 Å². The molecule has 0 bridgehead atoms. The van der Waals surface area contributed by atoms with E-state index < -0.39 is 0 Å². The standard InChI is InChI=1S/C13H11BrN2S2/c1-8-3-2-4-10-12(8)16(13(17)15-10)7-9-5-6-11(14)18-9/h2-6H,7H2,1H3,(H,15,17). The molecule has 92 valence electrons. The highest BCUT2D eigenvalue weighted by Crippen LogP contribution is 2.25. The van der Waals surface area contributed by atoms with Gasteiger partial charge in [0.1, 0.15) is 0 Å². The molecule has 0 spiro atoms. The normalized spacial score (nSPS) is 11.2. The van der Waals surface area contributed by atoms with Gasteiger partial charge in [0.2, 0.25) is 0 Å². The lowest BCUT2D eigenvalue weighted by Crippen LogP contribution is -1.98. The Morgan fingerprint density at radius 2 is 2.17 bits per heavy atom. The summed E-state index contributed by atoms with van der Waals surface area (Å²) in [5.41, 5.74) is 3.55. The summed E-state index contributed by atoms with van der Waals surface area (Å²) in [5, 5.41) is 0. The molecule has 0 fully saturated rings. The average Bonchev–Trinajstić information content (AvgIpc) is 2.85. The molecule has 3 aromatic rings. The van der Waals surface area contributed by atoms with Gasteiger partial charge in [-0.15, -0.1) is 11.3 Å². The maximum absolute atomic E-state index is 5.42. The number of para-hydroxylation sites is 1. The van der Waals surface area contributed by atoms with E-state index in [0.29, 0.717) is 0 Å². The Hall–Kier alpha value is -0.910. The first-order chi connectivity index (χ1) is 8.65. The molecule has 0 amide bonds. The number of imidazole rings is 1. The van der Waals surface area contributed by atoms with Gasteiger partial charge in [0.25, 0.3) is 0 Å². The first kappa shape index (κ1) is 12.1. The third-order valence-electron chi connectivity index (χ3n) is 2.94. The topological polar surface area (TPSA) is 20.7 Å². The summed E-state index contributed by atoms with van der Waals surface area (Å²) in [4.78, 5) is 4.56. The van der Waals surface area contributed by atoms with Crippen LogP contribution in [0.15, 0.2) is 34.1 Å². The zero-order valence-electron chi connectivity index (χ0n) is 9.74. The van der Waals surface area contributed by atoms with Crippen LogP contribution >= 0.6 is 39.5 Å². The molecule has 0 radical (unpaired) electrons. The van der Waals surface area contributed by atoms with Crippen LogP contribution in [0.5, 0.6) is 0 Å². The molecule has 1 N–H and O–H groups in total. The minimum Gasteiger partial charge on any atom is -0.331 e. The van der Waals surface area contributed by atoms with Crippen molar-refractivity contribution in [2.45, 2.75) is 13.5 Å². The summed E-state index contributed by atoms with van der Waals surface area (Å²) in [6, 6.07) is 10.4. The zero-order valence-corrected chi connectivity index (χ0v) is 13.0. The van der Waals surface area contributed by atoms with Gasteiger partial charge < -0.3 is 9.55 Å². The lowest BCUT2D eigenvalue weighted by molar-refractivity contribution is 0.821. The van der Waals surface area contributed by atoms with E-state index in [-0.39, 0.29) is 0 Å². The molecule has 0 atom stereocenters. The number of aromatic nitrogens is 2. The number of rotatable bonds is 2. The van der Waals surface area contributed by atoms with E-state index in [1.54, 1.807) is 11.3 Å². The fraction of sp³-hybridized carbons (Fsp3) is 0.154. The SMILES string of the molecule is Cc1cccc2[nH]c(=S)n(Cc3ccc(Br)s3)c12. The summed E-state index contributed by atoms with van der Waals surface area (Å²) in [6.45, 7) is 2.94. The van der Waals surface area contributed by atoms with Crippen LogP contribution in [-0.2, 0) is 6.54 Å². The maximum Gasteiger partial charge on any atom is 0.178 e. The van der Waals surface area contributed by atoms with Crippen molar-refractivity contribution in [3.8, 4) is 0 Å². The highest BCUT2D eigenvalue weighted by molar-refractivity contribution is 9.11. The quantitative estimate of drug-likeness (QED) is 0.660. The van der Waals surface area contributed by atoms with Crippen molar-refractivity contribution in [1.82, 2.24) is 9.55 Å². The van der Waals surface area contributed by atoms with Crippen LogP contribution in [0.2, 0.25) is 0 Å². The summed E-state index contributed by atoms with van der Waals surface area (Å²) < 4.78 is 4.10. The molecule has 2 aromatic heterocycles. The zero-order chi connectivity index (χ0) is 12.7. The number of aromatic amines is 1. The number of thiophene rings is 1. The number of hydrogen-bond acceptors (Lipinski definition) is 2. The highest BCUT2D eigenvalue weighted by Gasteiger charge is 2.08. The fourth-order valence-corrected chi connectivity index (χ4v) is 3.88. The van der Waals surface area contributed by atoms with Gasteiger partial charge in [-0.05, 0) is 58.8 Å². The number of hydrogen-bond donors (Lipinski definition) is 1. The second-order valence-corrected chi connectivity index (χ2v) is 7.13. The lowest BCUT2D eigenvalue weighted by Gasteiger charge is -2.04. The number of aryl methyl sites for hydroxylation is 1. The van der Waals surface area contributed by atoms with Gasteiger partial charge in [-0.3, -0.25) is 0 Å². The van der Waals surface area contributed by atoms with Crippen molar-refractivity contribution in [3.05, 3.63) is 49.3 Å². The van der Waals surface area contributed by atoms with Crippen molar-refractivity contribution in [1.29, 1.82) is 0 Å². The smallest absolute Gasteiger partial charge is 0.178 e. The summed E-state index contributed by atoms with van der Waals surface area (Å²) >= 11 is 10.7. The number of H-pyrrole nitrogens is 1. The van der Waals surface area contributed by atoms with Crippen LogP contribution in [0.25, 0.3) is 11.0 Å². The second kappa shape index (κ2) is 4.64. The Labute approximate surface area is 122 Å². The van der Waals surface area contributed by atoms with E-state index >= 15 is 0 Å². The van der Waals surface area contributed by atoms with Crippen LogP contribution in [0.1, 0.15) is 10.4 Å². The molecular formula is C13H11BrN2S2. The summed E-state index contributed by atoms with van der Waals surface area (Å²) in [6.07, 6.45) is 0. The Morgan fingerprint density at radius 1 is 1.33 bits per heavy atom. The van der Waals surface area contributed by atoms with E-state index in [9.17, 15) is 0 Å². The number of fused-ring (bicyclic) bond motifs is 1. The van der Waals surface area contributed by atoms with Gasteiger partial charge in [-0.25, -0.2) is 0 Å². The van der Waals surface area contributed by atoms with Gasteiger partial charge in [0.05, 0.1) is 21.4 Å². The lowest BCUT2D eigenvalue weighted by atomic mass is 10.2. The molecule has 0 saturated carbocycles. The van der Waals surface area contributed by atoms with Crippen LogP contribution in [0.4, 0.5) is 0 Å². The monoisotopic (exact) mass is 338 g/mol. The third-order valence-corrected chi connectivity index (χ3v) is 4.87. The molecule has 2 heterocycles. The molecule has 0 aliphatic rings. The molecule has 18 heavy (non-hydrogen) atoms. The fourth-order valence-electron chi connectivity index (χ4n) is 2.15. The highest BCUT2D eigenvalue weighted by atomic mass is 79.9. The van der Waals surface area contributed by atoms with Crippen LogP contribution in [0, 0.1) is 11.7 Å². The Kier molecular flexibility index (Phi) is 3.13. The largest absolute Gasteiger partial charge is 0.331 e. The van der Waals surface area contributed by atoms with Gasteiger partial charge in [0, 0.05) is 4.88 Å². The molecular weight excluding hydrogens is 328 g/mol. The third kappa shape index (κ3) is 2.06. The Balaban J connectivity index is 2.16. The number of nitrogens with one attached hydrogen (secondary N) is 1. The summed E-state index contributed by atoms with van der Waals surface area (Å²) in [5.74, 6) is 0. The van der Waals surface area contributed by atoms with Crippen molar-refractivity contribution < 1.29 is 0 Å². The molecule has 0 aliphatic carbocycles. The first-order valence-electron chi connectivity index (χ1n) is 5.57. The molecule has 2 nitrogen and oxygen atoms in total. The van der Waals surface area contributed by atoms with Gasteiger partial charge >= 0.3 is 0 Å². The van der Waals surface area contributed by atoms with E-state index in [1.807, 2.05) is 0 Å². The molecule has 0 unspecified atom stereocenters. The summed E-state index contributed by atoms with van der Waals surface area (Å²) in [7, 11) is 0. The van der Waals surface area contributed by atoms with E-state index in [1.165, 1.54) is 16.0 Å². The van der Waals surface area contributed by atoms with Crippen LogP contribution < -0.4 is 0 Å². The predicted octanol–water partition coefficient (Wildman–Crippen LogP) is 4.88. The van der Waals surface area contributed by atoms with Crippen LogP contribution in [-0.4, -0.2) is 9.55 Å². The van der Waals surface area contributed by atoms with Crippen LogP contribution in [0.3, 0.4) is 0 Å². The van der Waals surface area contributed by atoms with Crippen molar-refractivity contribution in [3.63, 3.8) is 0 Å². The Bertz CT molecular complexity index is 767. The number of halogens is 1.